The quantitative estimate of drug-likeness (QED) is 0.729. The largest absolute Gasteiger partial charge is 0.394 e. The lowest BCUT2D eigenvalue weighted by molar-refractivity contribution is -0.0821. The van der Waals surface area contributed by atoms with Crippen molar-refractivity contribution < 1.29 is 14.6 Å². The lowest BCUT2D eigenvalue weighted by atomic mass is 9.89. The van der Waals surface area contributed by atoms with Crippen LogP contribution in [0.1, 0.15) is 65.2 Å². The molecule has 0 aromatic carbocycles. The number of hydrogen-bond acceptors (Lipinski definition) is 3. The molecule has 2 aliphatic rings. The Labute approximate surface area is 127 Å². The third-order valence-corrected chi connectivity index (χ3v) is 4.91. The van der Waals surface area contributed by atoms with Gasteiger partial charge in [0.15, 0.2) is 0 Å². The summed E-state index contributed by atoms with van der Waals surface area (Å²) in [5, 5.41) is 15.5. The Balaban J connectivity index is 1.84. The number of rotatable bonds is 5. The minimum absolute atomic E-state index is 0.0138. The van der Waals surface area contributed by atoms with Crippen LogP contribution in [0.2, 0.25) is 0 Å². The summed E-state index contributed by atoms with van der Waals surface area (Å²) in [6.07, 6.45) is 8.21. The predicted octanol–water partition coefficient (Wildman–Crippen LogP) is 2.33. The van der Waals surface area contributed by atoms with Crippen LogP contribution < -0.4 is 10.6 Å². The zero-order valence-electron chi connectivity index (χ0n) is 13.4. The van der Waals surface area contributed by atoms with E-state index in [9.17, 15) is 9.90 Å². The molecule has 1 saturated carbocycles. The van der Waals surface area contributed by atoms with E-state index in [2.05, 4.69) is 17.6 Å². The molecule has 1 spiro atoms. The van der Waals surface area contributed by atoms with Crippen LogP contribution in [0.3, 0.4) is 0 Å². The fourth-order valence-electron chi connectivity index (χ4n) is 3.75. The Morgan fingerprint density at radius 2 is 2.14 bits per heavy atom. The lowest BCUT2D eigenvalue weighted by Crippen LogP contribution is -2.56. The monoisotopic (exact) mass is 298 g/mol. The van der Waals surface area contributed by atoms with Gasteiger partial charge in [0.05, 0.1) is 17.7 Å². The van der Waals surface area contributed by atoms with E-state index in [0.29, 0.717) is 0 Å². The summed E-state index contributed by atoms with van der Waals surface area (Å²) in [4.78, 5) is 12.2. The van der Waals surface area contributed by atoms with Crippen molar-refractivity contribution in [3.8, 4) is 0 Å². The normalized spacial score (nSPS) is 27.3. The molecule has 2 rings (SSSR count). The number of aliphatic hydroxyl groups is 1. The second-order valence-corrected chi connectivity index (χ2v) is 7.00. The van der Waals surface area contributed by atoms with Gasteiger partial charge in [-0.3, -0.25) is 0 Å². The average Bonchev–Trinajstić information content (AvgIpc) is 2.86. The molecular weight excluding hydrogens is 268 g/mol. The SMILES string of the molecule is CCCC(C)(CO)NC(=O)NC1CCOC2(CCCC2)C1. The molecule has 0 radical (unpaired) electrons. The Kier molecular flexibility index (Phi) is 5.49. The molecule has 0 aromatic heterocycles. The van der Waals surface area contributed by atoms with Crippen molar-refractivity contribution in [1.29, 1.82) is 0 Å². The number of aliphatic hydroxyl groups excluding tert-OH is 1. The Bertz CT molecular complexity index is 355. The minimum atomic E-state index is -0.533. The van der Waals surface area contributed by atoms with Crippen LogP contribution in [-0.4, -0.2) is 41.5 Å². The summed E-state index contributed by atoms with van der Waals surface area (Å²) in [6.45, 7) is 4.64. The molecule has 0 aromatic rings. The number of amides is 2. The van der Waals surface area contributed by atoms with Gasteiger partial charge in [-0.05, 0) is 39.0 Å². The minimum Gasteiger partial charge on any atom is -0.394 e. The van der Waals surface area contributed by atoms with E-state index in [1.165, 1.54) is 12.8 Å². The van der Waals surface area contributed by atoms with Gasteiger partial charge in [0.2, 0.25) is 0 Å². The molecule has 1 aliphatic heterocycles. The highest BCUT2D eigenvalue weighted by molar-refractivity contribution is 5.75. The molecule has 2 amide bonds. The summed E-state index contributed by atoms with van der Waals surface area (Å²) >= 11 is 0. The van der Waals surface area contributed by atoms with Crippen LogP contribution in [-0.2, 0) is 4.74 Å². The lowest BCUT2D eigenvalue weighted by Gasteiger charge is -2.39. The van der Waals surface area contributed by atoms with E-state index in [4.69, 9.17) is 4.74 Å². The first-order valence-electron chi connectivity index (χ1n) is 8.34. The molecule has 2 atom stereocenters. The molecule has 3 N–H and O–H groups in total. The number of ether oxygens (including phenoxy) is 1. The van der Waals surface area contributed by atoms with Gasteiger partial charge in [-0.1, -0.05) is 26.2 Å². The summed E-state index contributed by atoms with van der Waals surface area (Å²) in [5.74, 6) is 0. The second-order valence-electron chi connectivity index (χ2n) is 7.00. The van der Waals surface area contributed by atoms with Crippen molar-refractivity contribution in [3.63, 3.8) is 0 Å². The van der Waals surface area contributed by atoms with Gasteiger partial charge in [0.25, 0.3) is 0 Å². The molecule has 5 nitrogen and oxygen atoms in total. The van der Waals surface area contributed by atoms with Crippen molar-refractivity contribution in [2.45, 2.75) is 82.4 Å². The number of hydrogen-bond donors (Lipinski definition) is 3. The van der Waals surface area contributed by atoms with Gasteiger partial charge in [-0.2, -0.15) is 0 Å². The standard InChI is InChI=1S/C16H30N2O3/c1-3-7-15(2,12-19)18-14(20)17-13-6-10-21-16(11-13)8-4-5-9-16/h13,19H,3-12H2,1-2H3,(H2,17,18,20). The van der Waals surface area contributed by atoms with Crippen LogP contribution in [0, 0.1) is 0 Å². The predicted molar refractivity (Wildman–Crippen MR) is 82.2 cm³/mol. The maximum Gasteiger partial charge on any atom is 0.315 e. The zero-order chi connectivity index (χ0) is 15.3. The third-order valence-electron chi connectivity index (χ3n) is 4.91. The van der Waals surface area contributed by atoms with E-state index < -0.39 is 5.54 Å². The summed E-state index contributed by atoms with van der Waals surface area (Å²) < 4.78 is 5.99. The first kappa shape index (κ1) is 16.6. The van der Waals surface area contributed by atoms with Gasteiger partial charge in [-0.25, -0.2) is 4.79 Å². The summed E-state index contributed by atoms with van der Waals surface area (Å²) in [7, 11) is 0. The fraction of sp³-hybridized carbons (Fsp3) is 0.938. The first-order valence-corrected chi connectivity index (χ1v) is 8.34. The van der Waals surface area contributed by atoms with Crippen LogP contribution in [0.4, 0.5) is 4.79 Å². The van der Waals surface area contributed by atoms with Gasteiger partial charge in [0, 0.05) is 12.6 Å². The molecule has 5 heteroatoms. The van der Waals surface area contributed by atoms with Crippen molar-refractivity contribution >= 4 is 6.03 Å². The van der Waals surface area contributed by atoms with Gasteiger partial charge >= 0.3 is 6.03 Å². The van der Waals surface area contributed by atoms with Crippen molar-refractivity contribution in [2.75, 3.05) is 13.2 Å². The zero-order valence-corrected chi connectivity index (χ0v) is 13.4. The fourth-order valence-corrected chi connectivity index (χ4v) is 3.75. The summed E-state index contributed by atoms with van der Waals surface area (Å²) in [5.41, 5.74) is -0.519. The van der Waals surface area contributed by atoms with Gasteiger partial charge < -0.3 is 20.5 Å². The molecule has 0 bridgehead atoms. The van der Waals surface area contributed by atoms with Crippen LogP contribution in [0.15, 0.2) is 0 Å². The Hall–Kier alpha value is -0.810. The topological polar surface area (TPSA) is 70.6 Å². The van der Waals surface area contributed by atoms with Crippen LogP contribution in [0.25, 0.3) is 0 Å². The van der Waals surface area contributed by atoms with E-state index in [-0.39, 0.29) is 24.3 Å². The van der Waals surface area contributed by atoms with E-state index in [0.717, 1.165) is 45.1 Å². The summed E-state index contributed by atoms with van der Waals surface area (Å²) in [6, 6.07) is 0.0152. The molecule has 1 heterocycles. The number of carbonyl (C=O) groups excluding carboxylic acids is 1. The maximum absolute atomic E-state index is 12.2. The van der Waals surface area contributed by atoms with Gasteiger partial charge in [-0.15, -0.1) is 0 Å². The average molecular weight is 298 g/mol. The molecule has 122 valence electrons. The third kappa shape index (κ3) is 4.33. The molecule has 1 saturated heterocycles. The molecule has 1 aliphatic carbocycles. The van der Waals surface area contributed by atoms with Crippen LogP contribution >= 0.6 is 0 Å². The number of carbonyl (C=O) groups is 1. The molecule has 21 heavy (non-hydrogen) atoms. The van der Waals surface area contributed by atoms with E-state index >= 15 is 0 Å². The highest BCUT2D eigenvalue weighted by atomic mass is 16.5. The number of nitrogens with one attached hydrogen (secondary N) is 2. The van der Waals surface area contributed by atoms with Crippen molar-refractivity contribution in [3.05, 3.63) is 0 Å². The molecule has 2 fully saturated rings. The highest BCUT2D eigenvalue weighted by Crippen LogP contribution is 2.39. The van der Waals surface area contributed by atoms with Crippen LogP contribution in [0.5, 0.6) is 0 Å². The Morgan fingerprint density at radius 1 is 1.43 bits per heavy atom. The highest BCUT2D eigenvalue weighted by Gasteiger charge is 2.40. The Morgan fingerprint density at radius 3 is 2.76 bits per heavy atom. The first-order chi connectivity index (χ1) is 10.0. The van der Waals surface area contributed by atoms with Crippen molar-refractivity contribution in [1.82, 2.24) is 10.6 Å². The van der Waals surface area contributed by atoms with Crippen molar-refractivity contribution in [2.24, 2.45) is 0 Å². The van der Waals surface area contributed by atoms with E-state index in [1.807, 2.05) is 6.92 Å². The number of urea groups is 1. The second kappa shape index (κ2) is 6.97. The maximum atomic E-state index is 12.2. The van der Waals surface area contributed by atoms with E-state index in [1.54, 1.807) is 0 Å². The molecular formula is C16H30N2O3. The smallest absolute Gasteiger partial charge is 0.315 e. The van der Waals surface area contributed by atoms with Gasteiger partial charge in [0.1, 0.15) is 0 Å². The molecule has 2 unspecified atom stereocenters.